The Bertz CT molecular complexity index is 893. The van der Waals surface area contributed by atoms with Gasteiger partial charge in [-0.3, -0.25) is 9.59 Å². The third-order valence-electron chi connectivity index (χ3n) is 5.21. The highest BCUT2D eigenvalue weighted by Crippen LogP contribution is 2.34. The van der Waals surface area contributed by atoms with Crippen molar-refractivity contribution in [2.45, 2.75) is 25.4 Å². The fourth-order valence-electron chi connectivity index (χ4n) is 3.99. The summed E-state index contributed by atoms with van der Waals surface area (Å²) in [7, 11) is 0. The predicted molar refractivity (Wildman–Crippen MR) is 110 cm³/mol. The van der Waals surface area contributed by atoms with Gasteiger partial charge < -0.3 is 20.1 Å². The summed E-state index contributed by atoms with van der Waals surface area (Å²) in [4.78, 5) is 27.4. The highest BCUT2D eigenvalue weighted by Gasteiger charge is 2.35. The first kappa shape index (κ1) is 18.2. The van der Waals surface area contributed by atoms with Gasteiger partial charge in [-0.05, 0) is 42.1 Å². The Kier molecular flexibility index (Phi) is 5.27. The lowest BCUT2D eigenvalue weighted by molar-refractivity contribution is -0.120. The number of aromatic nitrogens is 1. The van der Waals surface area contributed by atoms with E-state index in [4.69, 9.17) is 12.2 Å². The molecule has 6 nitrogen and oxygen atoms in total. The van der Waals surface area contributed by atoms with Gasteiger partial charge in [0.05, 0.1) is 13.1 Å². The molecule has 2 aliphatic heterocycles. The summed E-state index contributed by atoms with van der Waals surface area (Å²) in [6.45, 7) is 3.06. The van der Waals surface area contributed by atoms with Gasteiger partial charge >= 0.3 is 0 Å². The minimum atomic E-state index is -0.0696. The fourth-order valence-corrected chi connectivity index (χ4v) is 4.86. The van der Waals surface area contributed by atoms with Crippen molar-refractivity contribution >= 4 is 34.6 Å². The van der Waals surface area contributed by atoms with Gasteiger partial charge in [0.25, 0.3) is 5.56 Å². The maximum Gasteiger partial charge on any atom is 0.250 e. The van der Waals surface area contributed by atoms with Gasteiger partial charge in [0, 0.05) is 42.2 Å². The molecule has 0 aromatic carbocycles. The third kappa shape index (κ3) is 4.06. The van der Waals surface area contributed by atoms with Crippen molar-refractivity contribution < 1.29 is 4.79 Å². The van der Waals surface area contributed by atoms with E-state index in [2.05, 4.69) is 15.5 Å². The van der Waals surface area contributed by atoms with E-state index in [9.17, 15) is 9.59 Å². The Hall–Kier alpha value is -2.19. The van der Waals surface area contributed by atoms with Crippen LogP contribution < -0.4 is 16.2 Å². The second-order valence-electron chi connectivity index (χ2n) is 7.12. The van der Waals surface area contributed by atoms with Gasteiger partial charge in [0.15, 0.2) is 5.11 Å². The van der Waals surface area contributed by atoms with Crippen LogP contribution in [-0.4, -0.2) is 40.1 Å². The van der Waals surface area contributed by atoms with E-state index in [0.717, 1.165) is 36.6 Å². The van der Waals surface area contributed by atoms with Crippen LogP contribution in [0.5, 0.6) is 0 Å². The maximum absolute atomic E-state index is 12.1. The molecule has 4 heterocycles. The summed E-state index contributed by atoms with van der Waals surface area (Å²) in [6, 6.07) is 9.48. The van der Waals surface area contributed by atoms with Gasteiger partial charge in [-0.15, -0.1) is 11.3 Å². The van der Waals surface area contributed by atoms with Gasteiger partial charge in [0.2, 0.25) is 5.91 Å². The molecule has 4 rings (SSSR count). The molecule has 2 aromatic rings. The van der Waals surface area contributed by atoms with Crippen LogP contribution in [0.2, 0.25) is 0 Å². The number of nitrogens with one attached hydrogen (secondary N) is 2. The maximum atomic E-state index is 12.1. The first-order valence-corrected chi connectivity index (χ1v) is 10.4. The molecule has 0 saturated carbocycles. The van der Waals surface area contributed by atoms with E-state index in [0.29, 0.717) is 23.5 Å². The largest absolute Gasteiger partial charge is 0.354 e. The molecule has 1 amide bonds. The summed E-state index contributed by atoms with van der Waals surface area (Å²) in [6.07, 6.45) is 1.09. The number of likely N-dealkylation sites (tertiary alicyclic amines) is 1. The number of hydrogen-bond donors (Lipinski definition) is 2. The van der Waals surface area contributed by atoms with E-state index in [1.807, 2.05) is 34.2 Å². The average molecular weight is 403 g/mol. The van der Waals surface area contributed by atoms with Crippen LogP contribution in [0.3, 0.4) is 0 Å². The van der Waals surface area contributed by atoms with E-state index < -0.39 is 0 Å². The van der Waals surface area contributed by atoms with Crippen molar-refractivity contribution in [3.63, 3.8) is 0 Å². The molecule has 2 bridgehead atoms. The number of carbonyl (C=O) groups is 1. The fraction of sp³-hybridized carbons (Fsp3) is 0.421. The zero-order chi connectivity index (χ0) is 18.8. The Morgan fingerprint density at radius 1 is 1.19 bits per heavy atom. The molecule has 2 N–H and O–H groups in total. The normalized spacial score (nSPS) is 20.7. The number of amides is 1. The molecule has 2 aliphatic rings. The van der Waals surface area contributed by atoms with Crippen molar-refractivity contribution in [3.8, 4) is 0 Å². The van der Waals surface area contributed by atoms with Gasteiger partial charge in [0.1, 0.15) is 0 Å². The summed E-state index contributed by atoms with van der Waals surface area (Å²) in [5.41, 5.74) is 1.18. The van der Waals surface area contributed by atoms with Crippen LogP contribution in [0, 0.1) is 5.92 Å². The van der Waals surface area contributed by atoms with Gasteiger partial charge in [-0.25, -0.2) is 0 Å². The molecule has 0 unspecified atom stereocenters. The van der Waals surface area contributed by atoms with Crippen molar-refractivity contribution in [2.24, 2.45) is 5.92 Å². The molecular weight excluding hydrogens is 380 g/mol. The zero-order valence-corrected chi connectivity index (χ0v) is 16.5. The number of thiophene rings is 1. The monoisotopic (exact) mass is 402 g/mol. The van der Waals surface area contributed by atoms with Gasteiger partial charge in [-0.1, -0.05) is 12.1 Å². The molecule has 2 atom stereocenters. The van der Waals surface area contributed by atoms with E-state index in [1.54, 1.807) is 17.4 Å². The standard InChI is InChI=1S/C19H22N4O2S2/c24-17(20-8-15-3-2-6-27-15)9-21-19(26)22-10-13-7-14(12-22)16-4-1-5-18(25)23(16)11-13/h1-6,13-14H,7-12H2,(H,20,24)(H,21,26)/t13-,14+/m1/s1. The molecule has 2 aromatic heterocycles. The minimum Gasteiger partial charge on any atom is -0.354 e. The zero-order valence-electron chi connectivity index (χ0n) is 14.9. The second-order valence-corrected chi connectivity index (χ2v) is 8.54. The summed E-state index contributed by atoms with van der Waals surface area (Å²) in [5, 5.41) is 8.59. The van der Waals surface area contributed by atoms with Crippen molar-refractivity contribution in [1.82, 2.24) is 20.1 Å². The Morgan fingerprint density at radius 3 is 2.89 bits per heavy atom. The van der Waals surface area contributed by atoms with Crippen LogP contribution in [0.15, 0.2) is 40.5 Å². The number of thiocarbonyl (C=S) groups is 1. The highest BCUT2D eigenvalue weighted by atomic mass is 32.1. The molecule has 8 heteroatoms. The lowest BCUT2D eigenvalue weighted by Gasteiger charge is -2.43. The van der Waals surface area contributed by atoms with Crippen LogP contribution in [0.4, 0.5) is 0 Å². The first-order valence-electron chi connectivity index (χ1n) is 9.12. The molecular formula is C19H22N4O2S2. The number of carbonyl (C=O) groups excluding carboxylic acids is 1. The number of piperidine rings is 1. The Balaban J connectivity index is 1.31. The van der Waals surface area contributed by atoms with E-state index in [-0.39, 0.29) is 18.0 Å². The smallest absolute Gasteiger partial charge is 0.250 e. The number of nitrogens with zero attached hydrogens (tertiary/aromatic N) is 2. The lowest BCUT2D eigenvalue weighted by Crippen LogP contribution is -2.52. The highest BCUT2D eigenvalue weighted by molar-refractivity contribution is 7.80. The summed E-state index contributed by atoms with van der Waals surface area (Å²) < 4.78 is 1.91. The average Bonchev–Trinajstić information content (AvgIpc) is 3.19. The molecule has 142 valence electrons. The molecule has 0 radical (unpaired) electrons. The van der Waals surface area contributed by atoms with Crippen molar-refractivity contribution in [1.29, 1.82) is 0 Å². The van der Waals surface area contributed by atoms with Gasteiger partial charge in [-0.2, -0.15) is 0 Å². The quantitative estimate of drug-likeness (QED) is 0.759. The lowest BCUT2D eigenvalue weighted by atomic mass is 9.83. The molecule has 27 heavy (non-hydrogen) atoms. The Labute approximate surface area is 167 Å². The predicted octanol–water partition coefficient (Wildman–Crippen LogP) is 1.52. The molecule has 1 saturated heterocycles. The van der Waals surface area contributed by atoms with Crippen LogP contribution in [-0.2, 0) is 17.9 Å². The number of pyridine rings is 1. The molecule has 1 fully saturated rings. The Morgan fingerprint density at radius 2 is 2.07 bits per heavy atom. The second kappa shape index (κ2) is 7.82. The van der Waals surface area contributed by atoms with Crippen molar-refractivity contribution in [2.75, 3.05) is 19.6 Å². The first-order chi connectivity index (χ1) is 13.1. The number of hydrogen-bond acceptors (Lipinski definition) is 4. The van der Waals surface area contributed by atoms with Crippen LogP contribution in [0.1, 0.15) is 22.9 Å². The van der Waals surface area contributed by atoms with E-state index in [1.165, 1.54) is 0 Å². The van der Waals surface area contributed by atoms with Crippen LogP contribution >= 0.6 is 23.6 Å². The molecule has 0 spiro atoms. The number of fused-ring (bicyclic) bond motifs is 4. The topological polar surface area (TPSA) is 66.4 Å². The van der Waals surface area contributed by atoms with Crippen molar-refractivity contribution in [3.05, 3.63) is 56.6 Å². The van der Waals surface area contributed by atoms with Crippen LogP contribution in [0.25, 0.3) is 0 Å². The third-order valence-corrected chi connectivity index (χ3v) is 6.49. The molecule has 0 aliphatic carbocycles. The SMILES string of the molecule is O=C(CNC(=S)N1C[C@H]2C[C@@H](C1)c1cccc(=O)n1C2)NCc1cccs1. The summed E-state index contributed by atoms with van der Waals surface area (Å²) >= 11 is 7.15. The minimum absolute atomic E-state index is 0.0696. The number of rotatable bonds is 4. The van der Waals surface area contributed by atoms with E-state index >= 15 is 0 Å². The summed E-state index contributed by atoms with van der Waals surface area (Å²) in [5.74, 6) is 0.641.